The van der Waals surface area contributed by atoms with Gasteiger partial charge in [-0.3, -0.25) is 14.9 Å². The SMILES string of the molecule is CCOc1ccc(NC(=O)NC(=O)Cn2nnc3ccccc3c2=O)cc1OCC. The minimum Gasteiger partial charge on any atom is -0.490 e. The monoisotopic (exact) mass is 411 g/mol. The lowest BCUT2D eigenvalue weighted by molar-refractivity contribution is -0.120. The summed E-state index contributed by atoms with van der Waals surface area (Å²) in [5, 5.41) is 12.7. The highest BCUT2D eigenvalue weighted by Gasteiger charge is 2.13. The molecular weight excluding hydrogens is 390 g/mol. The van der Waals surface area contributed by atoms with Crippen LogP contribution in [0.25, 0.3) is 10.9 Å². The van der Waals surface area contributed by atoms with E-state index in [1.54, 1.807) is 42.5 Å². The highest BCUT2D eigenvalue weighted by atomic mass is 16.5. The third-order valence-corrected chi connectivity index (χ3v) is 3.98. The second kappa shape index (κ2) is 9.50. The summed E-state index contributed by atoms with van der Waals surface area (Å²) in [7, 11) is 0. The average Bonchev–Trinajstić information content (AvgIpc) is 2.72. The molecule has 0 aliphatic heterocycles. The van der Waals surface area contributed by atoms with E-state index in [4.69, 9.17) is 9.47 Å². The molecule has 1 heterocycles. The number of nitrogens with one attached hydrogen (secondary N) is 2. The molecular formula is C20H21N5O5. The Morgan fingerprint density at radius 1 is 1.03 bits per heavy atom. The lowest BCUT2D eigenvalue weighted by atomic mass is 10.2. The molecule has 0 saturated carbocycles. The molecule has 10 heteroatoms. The molecule has 3 rings (SSSR count). The van der Waals surface area contributed by atoms with Gasteiger partial charge in [0.15, 0.2) is 11.5 Å². The first-order valence-corrected chi connectivity index (χ1v) is 9.34. The van der Waals surface area contributed by atoms with Crippen molar-refractivity contribution in [1.82, 2.24) is 20.3 Å². The van der Waals surface area contributed by atoms with Crippen molar-refractivity contribution in [2.24, 2.45) is 0 Å². The fourth-order valence-electron chi connectivity index (χ4n) is 2.72. The van der Waals surface area contributed by atoms with Gasteiger partial charge in [-0.15, -0.1) is 5.10 Å². The van der Waals surface area contributed by atoms with Gasteiger partial charge in [0.2, 0.25) is 5.91 Å². The fourth-order valence-corrected chi connectivity index (χ4v) is 2.72. The van der Waals surface area contributed by atoms with Crippen molar-refractivity contribution in [2.75, 3.05) is 18.5 Å². The van der Waals surface area contributed by atoms with Crippen LogP contribution in [-0.4, -0.2) is 40.1 Å². The molecule has 0 fully saturated rings. The van der Waals surface area contributed by atoms with Crippen molar-refractivity contribution in [1.29, 1.82) is 0 Å². The summed E-state index contributed by atoms with van der Waals surface area (Å²) in [6.45, 7) is 4.14. The van der Waals surface area contributed by atoms with Gasteiger partial charge < -0.3 is 14.8 Å². The van der Waals surface area contributed by atoms with Crippen molar-refractivity contribution >= 4 is 28.5 Å². The molecule has 10 nitrogen and oxygen atoms in total. The van der Waals surface area contributed by atoms with E-state index in [-0.39, 0.29) is 0 Å². The molecule has 3 amide bonds. The summed E-state index contributed by atoms with van der Waals surface area (Å²) < 4.78 is 11.9. The second-order valence-corrected chi connectivity index (χ2v) is 6.10. The smallest absolute Gasteiger partial charge is 0.325 e. The molecule has 0 radical (unpaired) electrons. The van der Waals surface area contributed by atoms with Crippen LogP contribution in [0.4, 0.5) is 10.5 Å². The number of fused-ring (bicyclic) bond motifs is 1. The number of rotatable bonds is 7. The minimum absolute atomic E-state index is 0.336. The largest absolute Gasteiger partial charge is 0.490 e. The van der Waals surface area contributed by atoms with Gasteiger partial charge in [-0.25, -0.2) is 9.48 Å². The molecule has 0 bridgehead atoms. The van der Waals surface area contributed by atoms with E-state index in [0.717, 1.165) is 4.68 Å². The number of ether oxygens (including phenoxy) is 2. The molecule has 0 unspecified atom stereocenters. The highest BCUT2D eigenvalue weighted by Crippen LogP contribution is 2.30. The maximum atomic E-state index is 12.4. The first kappa shape index (κ1) is 20.8. The summed E-state index contributed by atoms with van der Waals surface area (Å²) in [4.78, 5) is 36.7. The molecule has 0 aliphatic carbocycles. The number of carbonyl (C=O) groups is 2. The number of aromatic nitrogens is 3. The summed E-state index contributed by atoms with van der Waals surface area (Å²) in [5.74, 6) is 0.312. The molecule has 0 saturated heterocycles. The fraction of sp³-hybridized carbons (Fsp3) is 0.250. The van der Waals surface area contributed by atoms with Gasteiger partial charge in [0.1, 0.15) is 12.1 Å². The van der Waals surface area contributed by atoms with Crippen molar-refractivity contribution < 1.29 is 19.1 Å². The Kier molecular flexibility index (Phi) is 6.58. The quantitative estimate of drug-likeness (QED) is 0.609. The van der Waals surface area contributed by atoms with Crippen LogP contribution < -0.4 is 25.7 Å². The molecule has 30 heavy (non-hydrogen) atoms. The van der Waals surface area contributed by atoms with Gasteiger partial charge >= 0.3 is 6.03 Å². The normalized spacial score (nSPS) is 10.5. The van der Waals surface area contributed by atoms with E-state index < -0.39 is 24.0 Å². The van der Waals surface area contributed by atoms with Crippen LogP contribution >= 0.6 is 0 Å². The summed E-state index contributed by atoms with van der Waals surface area (Å²) in [6.07, 6.45) is 0. The van der Waals surface area contributed by atoms with Crippen molar-refractivity contribution in [3.05, 3.63) is 52.8 Å². The molecule has 0 spiro atoms. The predicted molar refractivity (Wildman–Crippen MR) is 110 cm³/mol. The molecule has 2 aromatic carbocycles. The van der Waals surface area contributed by atoms with Crippen LogP contribution in [0.2, 0.25) is 0 Å². The van der Waals surface area contributed by atoms with Gasteiger partial charge in [0.25, 0.3) is 5.56 Å². The first-order valence-electron chi connectivity index (χ1n) is 9.34. The Morgan fingerprint density at radius 3 is 2.53 bits per heavy atom. The Balaban J connectivity index is 1.65. The van der Waals surface area contributed by atoms with Crippen LogP contribution in [0.1, 0.15) is 13.8 Å². The molecule has 2 N–H and O–H groups in total. The van der Waals surface area contributed by atoms with Crippen LogP contribution in [-0.2, 0) is 11.3 Å². The van der Waals surface area contributed by atoms with Crippen LogP contribution in [0, 0.1) is 0 Å². The first-order chi connectivity index (χ1) is 14.5. The standard InChI is InChI=1S/C20H21N5O5/c1-3-29-16-10-9-13(11-17(16)30-4-2)21-20(28)22-18(26)12-25-19(27)14-7-5-6-8-15(14)23-24-25/h5-11H,3-4,12H2,1-2H3,(H2,21,22,26,28). The van der Waals surface area contributed by atoms with Gasteiger partial charge in [-0.2, -0.15) is 0 Å². The Hall–Kier alpha value is -3.95. The zero-order chi connectivity index (χ0) is 21.5. The van der Waals surface area contributed by atoms with Gasteiger partial charge in [0.05, 0.1) is 18.6 Å². The molecule has 0 aliphatic rings. The Morgan fingerprint density at radius 2 is 1.77 bits per heavy atom. The number of urea groups is 1. The molecule has 3 aromatic rings. The third kappa shape index (κ3) is 4.90. The van der Waals surface area contributed by atoms with E-state index in [0.29, 0.717) is 41.3 Å². The molecule has 156 valence electrons. The summed E-state index contributed by atoms with van der Waals surface area (Å²) in [5.41, 5.74) is 0.372. The Bertz CT molecular complexity index is 1130. The van der Waals surface area contributed by atoms with Crippen LogP contribution in [0.5, 0.6) is 11.5 Å². The number of amides is 3. The number of hydrogen-bond acceptors (Lipinski definition) is 7. The minimum atomic E-state index is -0.756. The van der Waals surface area contributed by atoms with Crippen LogP contribution in [0.3, 0.4) is 0 Å². The number of benzene rings is 2. The van der Waals surface area contributed by atoms with E-state index in [1.807, 2.05) is 13.8 Å². The van der Waals surface area contributed by atoms with Crippen molar-refractivity contribution in [3.63, 3.8) is 0 Å². The van der Waals surface area contributed by atoms with Crippen molar-refractivity contribution in [2.45, 2.75) is 20.4 Å². The van der Waals surface area contributed by atoms with E-state index in [2.05, 4.69) is 20.9 Å². The third-order valence-electron chi connectivity index (χ3n) is 3.98. The zero-order valence-corrected chi connectivity index (χ0v) is 16.5. The highest BCUT2D eigenvalue weighted by molar-refractivity contribution is 6.01. The summed E-state index contributed by atoms with van der Waals surface area (Å²) in [6, 6.07) is 10.8. The average molecular weight is 411 g/mol. The van der Waals surface area contributed by atoms with Gasteiger partial charge in [0, 0.05) is 11.8 Å². The van der Waals surface area contributed by atoms with E-state index in [1.165, 1.54) is 0 Å². The predicted octanol–water partition coefficient (Wildman–Crippen LogP) is 1.94. The molecule has 0 atom stereocenters. The lowest BCUT2D eigenvalue weighted by Crippen LogP contribution is -2.39. The second-order valence-electron chi connectivity index (χ2n) is 6.10. The number of nitrogens with zero attached hydrogens (tertiary/aromatic N) is 3. The number of imide groups is 1. The van der Waals surface area contributed by atoms with E-state index in [9.17, 15) is 14.4 Å². The maximum Gasteiger partial charge on any atom is 0.325 e. The summed E-state index contributed by atoms with van der Waals surface area (Å²) >= 11 is 0. The van der Waals surface area contributed by atoms with Crippen molar-refractivity contribution in [3.8, 4) is 11.5 Å². The molecule has 1 aromatic heterocycles. The maximum absolute atomic E-state index is 12.4. The zero-order valence-electron chi connectivity index (χ0n) is 16.5. The van der Waals surface area contributed by atoms with Crippen LogP contribution in [0.15, 0.2) is 47.3 Å². The van der Waals surface area contributed by atoms with Gasteiger partial charge in [-0.05, 0) is 38.1 Å². The topological polar surface area (TPSA) is 124 Å². The van der Waals surface area contributed by atoms with Gasteiger partial charge in [-0.1, -0.05) is 17.3 Å². The number of carbonyl (C=O) groups excluding carboxylic acids is 2. The van der Waals surface area contributed by atoms with E-state index >= 15 is 0 Å². The Labute approximate surface area is 171 Å². The lowest BCUT2D eigenvalue weighted by Gasteiger charge is -2.13. The number of hydrogen-bond donors (Lipinski definition) is 2. The number of anilines is 1.